The number of hydrogen-bond donors (Lipinski definition) is 2. The normalized spacial score (nSPS) is 11.9. The van der Waals surface area contributed by atoms with Crippen molar-refractivity contribution in [2.45, 2.75) is 44.4 Å². The van der Waals surface area contributed by atoms with Crippen molar-refractivity contribution in [2.24, 2.45) is 0 Å². The van der Waals surface area contributed by atoms with E-state index in [1.807, 2.05) is 20.8 Å². The molecule has 0 aliphatic heterocycles. The van der Waals surface area contributed by atoms with Gasteiger partial charge in [-0.2, -0.15) is 0 Å². The maximum Gasteiger partial charge on any atom is 0.264 e. The van der Waals surface area contributed by atoms with Crippen LogP contribution in [0.15, 0.2) is 52.5 Å². The molecule has 2 N–H and O–H groups in total. The van der Waals surface area contributed by atoms with Crippen molar-refractivity contribution < 1.29 is 16.8 Å². The van der Waals surface area contributed by atoms with Crippen LogP contribution in [0.2, 0.25) is 0 Å². The lowest BCUT2D eigenvalue weighted by Gasteiger charge is -2.19. The molecule has 2 aromatic carbocycles. The van der Waals surface area contributed by atoms with Crippen molar-refractivity contribution in [1.29, 1.82) is 0 Å². The predicted octanol–water partition coefficient (Wildman–Crippen LogP) is 3.62. The predicted molar refractivity (Wildman–Crippen MR) is 120 cm³/mol. The van der Waals surface area contributed by atoms with Gasteiger partial charge in [0, 0.05) is 18.1 Å². The largest absolute Gasteiger partial charge is 0.280 e. The van der Waals surface area contributed by atoms with E-state index in [0.29, 0.717) is 11.1 Å². The topological polar surface area (TPSA) is 118 Å². The van der Waals surface area contributed by atoms with E-state index >= 15 is 0 Å². The minimum absolute atomic E-state index is 0.0442. The summed E-state index contributed by atoms with van der Waals surface area (Å²) in [6.07, 6.45) is 2.84. The molecule has 0 aliphatic carbocycles. The van der Waals surface area contributed by atoms with E-state index in [4.69, 9.17) is 0 Å². The highest BCUT2D eigenvalue weighted by Gasteiger charge is 2.24. The average Bonchev–Trinajstić information content (AvgIpc) is 2.71. The van der Waals surface area contributed by atoms with Crippen molar-refractivity contribution in [2.75, 3.05) is 9.44 Å². The molecule has 10 heteroatoms. The fraction of sp³-hybridized carbons (Fsp3) is 0.238. The number of rotatable bonds is 6. The third-order valence-electron chi connectivity index (χ3n) is 5.41. The molecule has 3 aromatic rings. The molecule has 0 bridgehead atoms. The zero-order valence-electron chi connectivity index (χ0n) is 17.9. The summed E-state index contributed by atoms with van der Waals surface area (Å²) < 4.78 is 56.0. The molecule has 8 nitrogen and oxygen atoms in total. The fourth-order valence-electron chi connectivity index (χ4n) is 3.31. The standard InChI is InChI=1S/C21H24N4O4S2/c1-13-14(2)16(4)20(17(5)15(13)3)31(28,29)24-18-7-9-19(10-8-18)30(26,27)25-21-22-11-6-12-23-21/h6-12,24H,1-5H3,(H,22,23,25). The Balaban J connectivity index is 1.90. The Bertz CT molecular complexity index is 1310. The lowest BCUT2D eigenvalue weighted by molar-refractivity contribution is 0.599. The number of nitrogens with one attached hydrogen (secondary N) is 2. The first-order valence-electron chi connectivity index (χ1n) is 9.43. The summed E-state index contributed by atoms with van der Waals surface area (Å²) in [5.74, 6) is -0.0525. The third-order valence-corrected chi connectivity index (χ3v) is 8.41. The van der Waals surface area contributed by atoms with Gasteiger partial charge >= 0.3 is 0 Å². The van der Waals surface area contributed by atoms with E-state index < -0.39 is 20.0 Å². The summed E-state index contributed by atoms with van der Waals surface area (Å²) in [6.45, 7) is 9.35. The second-order valence-corrected chi connectivity index (χ2v) is 10.6. The van der Waals surface area contributed by atoms with Crippen molar-refractivity contribution in [3.05, 3.63) is 70.5 Å². The molecular formula is C21H24N4O4S2. The first-order valence-corrected chi connectivity index (χ1v) is 12.4. The molecule has 0 atom stereocenters. The van der Waals surface area contributed by atoms with Gasteiger partial charge in [0.15, 0.2) is 0 Å². The molecule has 3 rings (SSSR count). The maximum atomic E-state index is 13.1. The van der Waals surface area contributed by atoms with Crippen LogP contribution in [0.1, 0.15) is 27.8 Å². The van der Waals surface area contributed by atoms with Gasteiger partial charge in [0.25, 0.3) is 20.0 Å². The highest BCUT2D eigenvalue weighted by Crippen LogP contribution is 2.31. The van der Waals surface area contributed by atoms with Crippen molar-refractivity contribution in [3.63, 3.8) is 0 Å². The van der Waals surface area contributed by atoms with E-state index in [1.54, 1.807) is 19.9 Å². The fourth-order valence-corrected chi connectivity index (χ4v) is 5.93. The molecule has 0 unspecified atom stereocenters. The average molecular weight is 461 g/mol. The Morgan fingerprint density at radius 2 is 1.13 bits per heavy atom. The smallest absolute Gasteiger partial charge is 0.264 e. The lowest BCUT2D eigenvalue weighted by Crippen LogP contribution is -2.18. The quantitative estimate of drug-likeness (QED) is 0.580. The van der Waals surface area contributed by atoms with E-state index in [1.165, 1.54) is 36.7 Å². The second kappa shape index (κ2) is 8.27. The molecule has 0 fully saturated rings. The molecule has 0 aliphatic rings. The van der Waals surface area contributed by atoms with Gasteiger partial charge in [-0.3, -0.25) is 4.72 Å². The third kappa shape index (κ3) is 4.54. The van der Waals surface area contributed by atoms with Crippen LogP contribution in [0.4, 0.5) is 11.6 Å². The molecule has 0 saturated carbocycles. The van der Waals surface area contributed by atoms with Crippen LogP contribution in [0.25, 0.3) is 0 Å². The Morgan fingerprint density at radius 3 is 1.65 bits per heavy atom. The van der Waals surface area contributed by atoms with Crippen molar-refractivity contribution in [3.8, 4) is 0 Å². The van der Waals surface area contributed by atoms with Crippen LogP contribution >= 0.6 is 0 Å². The molecule has 31 heavy (non-hydrogen) atoms. The molecule has 1 heterocycles. The van der Waals surface area contributed by atoms with Crippen LogP contribution in [-0.4, -0.2) is 26.8 Å². The molecule has 0 amide bonds. The maximum absolute atomic E-state index is 13.1. The van der Waals surface area contributed by atoms with E-state index in [-0.39, 0.29) is 21.4 Å². The van der Waals surface area contributed by atoms with E-state index in [9.17, 15) is 16.8 Å². The van der Waals surface area contributed by atoms with Crippen LogP contribution in [0.3, 0.4) is 0 Å². The van der Waals surface area contributed by atoms with Crippen LogP contribution in [-0.2, 0) is 20.0 Å². The van der Waals surface area contributed by atoms with Crippen LogP contribution in [0, 0.1) is 34.6 Å². The highest BCUT2D eigenvalue weighted by atomic mass is 32.2. The number of aromatic nitrogens is 2. The minimum Gasteiger partial charge on any atom is -0.280 e. The monoisotopic (exact) mass is 460 g/mol. The SMILES string of the molecule is Cc1c(C)c(C)c(S(=O)(=O)Nc2ccc(S(=O)(=O)Nc3ncccn3)cc2)c(C)c1C. The van der Waals surface area contributed by atoms with E-state index in [0.717, 1.165) is 16.7 Å². The molecule has 164 valence electrons. The number of hydrogen-bond acceptors (Lipinski definition) is 6. The Morgan fingerprint density at radius 1 is 0.645 bits per heavy atom. The number of benzene rings is 2. The number of sulfonamides is 2. The van der Waals surface area contributed by atoms with Gasteiger partial charge in [-0.1, -0.05) is 0 Å². The Labute approximate surface area is 182 Å². The van der Waals surface area contributed by atoms with Gasteiger partial charge in [-0.05, 0) is 92.8 Å². The Kier molecular flexibility index (Phi) is 6.06. The zero-order chi connectivity index (χ0) is 23.0. The summed E-state index contributed by atoms with van der Waals surface area (Å²) >= 11 is 0. The first kappa shape index (κ1) is 22.7. The summed E-state index contributed by atoms with van der Waals surface area (Å²) in [5.41, 5.74) is 4.57. The number of anilines is 2. The molecule has 1 aromatic heterocycles. The lowest BCUT2D eigenvalue weighted by atomic mass is 9.95. The first-order chi connectivity index (χ1) is 14.4. The van der Waals surface area contributed by atoms with Crippen molar-refractivity contribution in [1.82, 2.24) is 9.97 Å². The van der Waals surface area contributed by atoms with Gasteiger partial charge in [-0.25, -0.2) is 31.5 Å². The molecule has 0 radical (unpaired) electrons. The van der Waals surface area contributed by atoms with Gasteiger partial charge in [0.2, 0.25) is 5.95 Å². The van der Waals surface area contributed by atoms with Gasteiger partial charge in [0.05, 0.1) is 9.79 Å². The summed E-state index contributed by atoms with van der Waals surface area (Å²) in [7, 11) is -7.78. The molecular weight excluding hydrogens is 436 g/mol. The summed E-state index contributed by atoms with van der Waals surface area (Å²) in [6, 6.07) is 7.00. The Hall–Kier alpha value is -2.98. The van der Waals surface area contributed by atoms with Crippen LogP contribution < -0.4 is 9.44 Å². The van der Waals surface area contributed by atoms with Crippen molar-refractivity contribution >= 4 is 31.7 Å². The van der Waals surface area contributed by atoms with Gasteiger partial charge in [0.1, 0.15) is 0 Å². The van der Waals surface area contributed by atoms with E-state index in [2.05, 4.69) is 19.4 Å². The summed E-state index contributed by atoms with van der Waals surface area (Å²) in [5, 5.41) is 0. The molecule has 0 spiro atoms. The zero-order valence-corrected chi connectivity index (χ0v) is 19.5. The molecule has 0 saturated heterocycles. The highest BCUT2D eigenvalue weighted by molar-refractivity contribution is 7.93. The van der Waals surface area contributed by atoms with Crippen LogP contribution in [0.5, 0.6) is 0 Å². The minimum atomic E-state index is -3.91. The number of nitrogens with zero attached hydrogens (tertiary/aromatic N) is 2. The van der Waals surface area contributed by atoms with Gasteiger partial charge in [-0.15, -0.1) is 0 Å². The second-order valence-electron chi connectivity index (χ2n) is 7.26. The van der Waals surface area contributed by atoms with Gasteiger partial charge < -0.3 is 0 Å². The summed E-state index contributed by atoms with van der Waals surface area (Å²) in [4.78, 5) is 7.86.